The van der Waals surface area contributed by atoms with Crippen LogP contribution >= 0.6 is 10.2 Å². The molecule has 2 aliphatic rings. The maximum Gasteiger partial charge on any atom is 0.421 e. The third-order valence-corrected chi connectivity index (χ3v) is 7.00. The molecule has 0 aliphatic carbocycles. The molecule has 0 saturated carbocycles. The molecule has 16 heteroatoms. The van der Waals surface area contributed by atoms with E-state index in [1.54, 1.807) is 0 Å². The Balaban J connectivity index is 1.55. The molecule has 3 N–H and O–H groups in total. The Morgan fingerprint density at radius 3 is 2.32 bits per heavy atom. The van der Waals surface area contributed by atoms with Crippen molar-refractivity contribution >= 4 is 21.9 Å². The minimum absolute atomic E-state index is 0.0446. The first-order chi connectivity index (χ1) is 17.4. The van der Waals surface area contributed by atoms with Gasteiger partial charge in [0, 0.05) is 18.5 Å². The van der Waals surface area contributed by atoms with Gasteiger partial charge in [0.15, 0.2) is 5.60 Å². The number of benzene rings is 2. The fourth-order valence-corrected chi connectivity index (χ4v) is 4.58. The van der Waals surface area contributed by atoms with Gasteiger partial charge < -0.3 is 25.4 Å². The van der Waals surface area contributed by atoms with E-state index < -0.39 is 50.5 Å². The minimum atomic E-state index is -10.1. The van der Waals surface area contributed by atoms with Crippen LogP contribution in [0.4, 0.5) is 47.5 Å². The van der Waals surface area contributed by atoms with E-state index in [9.17, 15) is 41.8 Å². The second kappa shape index (κ2) is 8.62. The summed E-state index contributed by atoms with van der Waals surface area (Å²) < 4.78 is 131. The Labute approximate surface area is 209 Å². The van der Waals surface area contributed by atoms with Gasteiger partial charge in [-0.15, -0.1) is 0 Å². The van der Waals surface area contributed by atoms with Crippen LogP contribution < -0.4 is 20.7 Å². The van der Waals surface area contributed by atoms with E-state index in [0.717, 1.165) is 0 Å². The second-order valence-corrected chi connectivity index (χ2v) is 11.0. The van der Waals surface area contributed by atoms with Crippen LogP contribution in [0.15, 0.2) is 58.9 Å². The molecule has 1 saturated heterocycles. The van der Waals surface area contributed by atoms with Crippen molar-refractivity contribution in [3.63, 3.8) is 0 Å². The van der Waals surface area contributed by atoms with Gasteiger partial charge in [0.05, 0.1) is 18.0 Å². The summed E-state index contributed by atoms with van der Waals surface area (Å²) in [5.74, 6) is -2.08. The molecule has 2 aromatic carbocycles. The number of rotatable bonds is 6. The van der Waals surface area contributed by atoms with Gasteiger partial charge in [-0.25, -0.2) is 9.18 Å². The molecule has 38 heavy (non-hydrogen) atoms. The number of halogens is 9. The molecule has 6 nitrogen and oxygen atoms in total. The first-order valence-electron chi connectivity index (χ1n) is 11.0. The Kier molecular flexibility index (Phi) is 6.30. The average molecular weight is 577 g/mol. The van der Waals surface area contributed by atoms with Gasteiger partial charge in [-0.1, -0.05) is 37.6 Å². The van der Waals surface area contributed by atoms with Crippen molar-refractivity contribution in [2.75, 3.05) is 18.5 Å². The molecule has 0 bridgehead atoms. The Bertz CT molecular complexity index is 1290. The van der Waals surface area contributed by atoms with Crippen molar-refractivity contribution in [1.82, 2.24) is 10.6 Å². The number of urea groups is 1. The zero-order chi connectivity index (χ0) is 28.0. The highest BCUT2D eigenvalue weighted by atomic mass is 32.5. The van der Waals surface area contributed by atoms with E-state index in [4.69, 9.17) is 9.47 Å². The third kappa shape index (κ3) is 5.60. The average Bonchev–Trinajstić information content (AvgIpc) is 2.74. The van der Waals surface area contributed by atoms with E-state index in [-0.39, 0.29) is 48.4 Å². The molecule has 2 amide bonds. The quantitative estimate of drug-likeness (QED) is 0.313. The summed E-state index contributed by atoms with van der Waals surface area (Å²) in [6, 6.07) is 3.97. The number of nitrogens with one attached hydrogen (secondary N) is 3. The molecule has 0 spiro atoms. The van der Waals surface area contributed by atoms with Crippen LogP contribution in [0, 0.1) is 5.82 Å². The Morgan fingerprint density at radius 1 is 1.05 bits per heavy atom. The lowest BCUT2D eigenvalue weighted by Crippen LogP contribution is -2.53. The number of ether oxygens (including phenoxy) is 2. The van der Waals surface area contributed by atoms with Gasteiger partial charge in [-0.2, -0.15) is 13.2 Å². The van der Waals surface area contributed by atoms with Crippen LogP contribution in [-0.2, 0) is 10.3 Å². The van der Waals surface area contributed by atoms with Crippen LogP contribution in [0.5, 0.6) is 5.75 Å². The third-order valence-electron chi connectivity index (χ3n) is 5.86. The number of para-hydroxylation sites is 1. The van der Waals surface area contributed by atoms with Crippen molar-refractivity contribution in [3.05, 3.63) is 65.4 Å². The van der Waals surface area contributed by atoms with Crippen molar-refractivity contribution in [3.8, 4) is 5.75 Å². The normalized spacial score (nSPS) is 21.9. The molecule has 2 aromatic rings. The van der Waals surface area contributed by atoms with Crippen LogP contribution in [0.1, 0.15) is 24.8 Å². The summed E-state index contributed by atoms with van der Waals surface area (Å²) in [6.45, 7) is 0.219. The van der Waals surface area contributed by atoms with Crippen molar-refractivity contribution in [2.45, 2.75) is 35.9 Å². The van der Waals surface area contributed by atoms with E-state index in [0.29, 0.717) is 19.0 Å². The number of carbonyl (C=O) groups is 1. The first kappa shape index (κ1) is 27.8. The van der Waals surface area contributed by atoms with E-state index in [1.165, 1.54) is 24.3 Å². The van der Waals surface area contributed by atoms with Crippen molar-refractivity contribution in [2.24, 2.45) is 0 Å². The van der Waals surface area contributed by atoms with Crippen LogP contribution in [-0.4, -0.2) is 25.4 Å². The van der Waals surface area contributed by atoms with Gasteiger partial charge in [0.2, 0.25) is 5.88 Å². The predicted molar refractivity (Wildman–Crippen MR) is 120 cm³/mol. The smallest absolute Gasteiger partial charge is 0.421 e. The highest BCUT2D eigenvalue weighted by molar-refractivity contribution is 8.45. The highest BCUT2D eigenvalue weighted by Gasteiger charge is 2.65. The molecule has 4 rings (SSSR count). The van der Waals surface area contributed by atoms with Crippen molar-refractivity contribution < 1.29 is 51.3 Å². The molecule has 0 radical (unpaired) electrons. The van der Waals surface area contributed by atoms with Crippen molar-refractivity contribution in [1.29, 1.82) is 0 Å². The topological polar surface area (TPSA) is 71.6 Å². The largest absolute Gasteiger partial charge is 0.439 e. The van der Waals surface area contributed by atoms with Gasteiger partial charge in [-0.3, -0.25) is 0 Å². The molecule has 2 aliphatic heterocycles. The fourth-order valence-electron chi connectivity index (χ4n) is 3.93. The SMILES string of the molecule is O=C(NC1=C(Oc2ccccc2C2(C(F)(F)F)CCO2)NCCC1)Nc1ccc(S(F)(F)(F)(F)F)cc1F. The molecule has 1 unspecified atom stereocenters. The lowest BCUT2D eigenvalue weighted by atomic mass is 9.85. The second-order valence-electron chi connectivity index (χ2n) is 8.55. The monoisotopic (exact) mass is 577 g/mol. The number of allylic oxidation sites excluding steroid dienone is 1. The van der Waals surface area contributed by atoms with Crippen LogP contribution in [0.3, 0.4) is 0 Å². The first-order valence-corrected chi connectivity index (χ1v) is 12.9. The number of amides is 2. The molecule has 1 atom stereocenters. The van der Waals surface area contributed by atoms with E-state index >= 15 is 0 Å². The van der Waals surface area contributed by atoms with Crippen LogP contribution in [0.2, 0.25) is 0 Å². The summed E-state index contributed by atoms with van der Waals surface area (Å²) in [6.07, 6.45) is -4.46. The number of anilines is 1. The summed E-state index contributed by atoms with van der Waals surface area (Å²) in [7, 11) is -10.1. The van der Waals surface area contributed by atoms with E-state index in [2.05, 4.69) is 10.6 Å². The zero-order valence-electron chi connectivity index (χ0n) is 19.1. The number of alkyl halides is 3. The van der Waals surface area contributed by atoms with Gasteiger partial charge in [0.25, 0.3) is 0 Å². The lowest BCUT2D eigenvalue weighted by Gasteiger charge is -2.43. The molecule has 210 valence electrons. The standard InChI is InChI=1S/C22H20F9N3O3S/c23-15-12-13(38(27,28,29,30)31)7-8-16(15)33-20(35)34-17-5-3-10-32-19(17)37-18-6-2-1-4-14(18)21(9-11-36-21)22(24,25)26/h1-2,4,6-8,12,32H,3,5,9-11H2,(H2,33,34,35). The fraction of sp³-hybridized carbons (Fsp3) is 0.318. The highest BCUT2D eigenvalue weighted by Crippen LogP contribution is 3.02. The molecular weight excluding hydrogens is 557 g/mol. The van der Waals surface area contributed by atoms with Gasteiger partial charge >= 0.3 is 22.4 Å². The number of carbonyl (C=O) groups excluding carboxylic acids is 1. The maximum atomic E-state index is 14.1. The summed E-state index contributed by atoms with van der Waals surface area (Å²) >= 11 is 0. The summed E-state index contributed by atoms with van der Waals surface area (Å²) in [5, 5.41) is 7.01. The van der Waals surface area contributed by atoms with Crippen LogP contribution in [0.25, 0.3) is 0 Å². The Morgan fingerprint density at radius 2 is 1.74 bits per heavy atom. The minimum Gasteiger partial charge on any atom is -0.439 e. The maximum absolute atomic E-state index is 14.1. The summed E-state index contributed by atoms with van der Waals surface area (Å²) in [4.78, 5) is 9.95. The number of hydrogen-bond acceptors (Lipinski definition) is 4. The molecule has 1 fully saturated rings. The zero-order valence-corrected chi connectivity index (χ0v) is 19.9. The molecule has 2 heterocycles. The van der Waals surface area contributed by atoms with E-state index in [1.807, 2.05) is 5.32 Å². The summed E-state index contributed by atoms with van der Waals surface area (Å²) in [5.41, 5.74) is -3.63. The Hall–Kier alpha value is -3.27. The van der Waals surface area contributed by atoms with Gasteiger partial charge in [-0.05, 0) is 37.1 Å². The molecule has 0 aromatic heterocycles. The molecular formula is C22H20F9N3O3S. The lowest BCUT2D eigenvalue weighted by molar-refractivity contribution is -0.333. The van der Waals surface area contributed by atoms with Gasteiger partial charge in [0.1, 0.15) is 16.5 Å². The predicted octanol–water partition coefficient (Wildman–Crippen LogP) is 7.41. The number of hydrogen-bond donors (Lipinski definition) is 3.